The smallest absolute Gasteiger partial charge is 0.340 e. The van der Waals surface area contributed by atoms with Gasteiger partial charge in [-0.3, -0.25) is 0 Å². The van der Waals surface area contributed by atoms with Crippen LogP contribution in [0.25, 0.3) is 0 Å². The number of halogens is 1. The van der Waals surface area contributed by atoms with Gasteiger partial charge in [-0.05, 0) is 17.7 Å². The fraction of sp³-hybridized carbons (Fsp3) is 0.308. The molecule has 0 aliphatic carbocycles. The molecule has 0 radical (unpaired) electrons. The SMILES string of the molecule is COC(=O)c1ccc(CNC2C=CS(=O)(=O)C2)cc1F. The van der Waals surface area contributed by atoms with Gasteiger partial charge in [0.25, 0.3) is 0 Å². The van der Waals surface area contributed by atoms with Crippen LogP contribution in [0.2, 0.25) is 0 Å². The second-order valence-corrected chi connectivity index (χ2v) is 6.38. The van der Waals surface area contributed by atoms with Gasteiger partial charge in [0.1, 0.15) is 5.82 Å². The summed E-state index contributed by atoms with van der Waals surface area (Å²) in [7, 11) is -1.92. The predicted octanol–water partition coefficient (Wildman–Crippen LogP) is 1.01. The van der Waals surface area contributed by atoms with Crippen LogP contribution in [0.4, 0.5) is 4.39 Å². The molecule has 1 aromatic rings. The zero-order chi connectivity index (χ0) is 14.8. The number of sulfone groups is 1. The lowest BCUT2D eigenvalue weighted by Crippen LogP contribution is -2.29. The van der Waals surface area contributed by atoms with Gasteiger partial charge in [0.15, 0.2) is 9.84 Å². The Hall–Kier alpha value is -1.73. The molecule has 1 aromatic carbocycles. The Morgan fingerprint density at radius 1 is 1.50 bits per heavy atom. The van der Waals surface area contributed by atoms with Gasteiger partial charge in [-0.1, -0.05) is 12.1 Å². The minimum absolute atomic E-state index is 0.00965. The van der Waals surface area contributed by atoms with Crippen molar-refractivity contribution in [3.05, 3.63) is 46.6 Å². The Morgan fingerprint density at radius 2 is 2.25 bits per heavy atom. The van der Waals surface area contributed by atoms with Crippen molar-refractivity contribution in [1.29, 1.82) is 0 Å². The van der Waals surface area contributed by atoms with Crippen molar-refractivity contribution < 1.29 is 22.3 Å². The minimum Gasteiger partial charge on any atom is -0.465 e. The molecule has 1 atom stereocenters. The topological polar surface area (TPSA) is 72.5 Å². The Bertz CT molecular complexity index is 654. The zero-order valence-corrected chi connectivity index (χ0v) is 11.6. The van der Waals surface area contributed by atoms with E-state index >= 15 is 0 Å². The summed E-state index contributed by atoms with van der Waals surface area (Å²) in [6.07, 6.45) is 1.56. The summed E-state index contributed by atoms with van der Waals surface area (Å²) < 4.78 is 40.6. The summed E-state index contributed by atoms with van der Waals surface area (Å²) in [5.41, 5.74) is 0.493. The van der Waals surface area contributed by atoms with E-state index in [4.69, 9.17) is 0 Å². The molecule has 108 valence electrons. The van der Waals surface area contributed by atoms with Gasteiger partial charge in [-0.15, -0.1) is 0 Å². The molecule has 0 saturated heterocycles. The number of carbonyl (C=O) groups excluding carboxylic acids is 1. The molecule has 0 aromatic heterocycles. The van der Waals surface area contributed by atoms with Crippen LogP contribution in [0.3, 0.4) is 0 Å². The molecule has 1 heterocycles. The Labute approximate surface area is 116 Å². The molecule has 0 amide bonds. The number of nitrogens with one attached hydrogen (secondary N) is 1. The third kappa shape index (κ3) is 3.43. The number of ether oxygens (including phenoxy) is 1. The molecule has 0 spiro atoms. The summed E-state index contributed by atoms with van der Waals surface area (Å²) in [6.45, 7) is 0.308. The molecule has 1 aliphatic heterocycles. The van der Waals surface area contributed by atoms with Crippen molar-refractivity contribution in [3.8, 4) is 0 Å². The van der Waals surface area contributed by atoms with Crippen LogP contribution in [0, 0.1) is 5.82 Å². The number of hydrogen-bond donors (Lipinski definition) is 1. The van der Waals surface area contributed by atoms with Gasteiger partial charge in [-0.25, -0.2) is 17.6 Å². The van der Waals surface area contributed by atoms with Gasteiger partial charge in [0.05, 0.1) is 18.4 Å². The number of rotatable bonds is 4. The lowest BCUT2D eigenvalue weighted by molar-refractivity contribution is 0.0595. The third-order valence-electron chi connectivity index (χ3n) is 2.94. The highest BCUT2D eigenvalue weighted by Gasteiger charge is 2.21. The van der Waals surface area contributed by atoms with E-state index in [9.17, 15) is 17.6 Å². The van der Waals surface area contributed by atoms with Gasteiger partial charge < -0.3 is 10.1 Å². The average molecular weight is 299 g/mol. The summed E-state index contributed by atoms with van der Waals surface area (Å²) in [6, 6.07) is 3.89. The van der Waals surface area contributed by atoms with Gasteiger partial charge in [-0.2, -0.15) is 0 Å². The summed E-state index contributed by atoms with van der Waals surface area (Å²) in [5.74, 6) is -1.38. The van der Waals surface area contributed by atoms with Crippen molar-refractivity contribution in [1.82, 2.24) is 5.32 Å². The molecule has 5 nitrogen and oxygen atoms in total. The van der Waals surface area contributed by atoms with Crippen molar-refractivity contribution in [3.63, 3.8) is 0 Å². The van der Waals surface area contributed by atoms with Crippen molar-refractivity contribution in [2.45, 2.75) is 12.6 Å². The van der Waals surface area contributed by atoms with Crippen LogP contribution in [0.5, 0.6) is 0 Å². The molecule has 1 unspecified atom stereocenters. The molecule has 20 heavy (non-hydrogen) atoms. The first-order valence-corrected chi connectivity index (χ1v) is 7.64. The second-order valence-electron chi connectivity index (χ2n) is 4.45. The maximum atomic E-state index is 13.7. The van der Waals surface area contributed by atoms with Crippen LogP contribution >= 0.6 is 0 Å². The normalized spacial score (nSPS) is 20.0. The predicted molar refractivity (Wildman–Crippen MR) is 71.3 cm³/mol. The van der Waals surface area contributed by atoms with Gasteiger partial charge in [0.2, 0.25) is 0 Å². The van der Waals surface area contributed by atoms with Crippen LogP contribution in [-0.4, -0.2) is 33.3 Å². The second kappa shape index (κ2) is 5.72. The molecule has 0 bridgehead atoms. The van der Waals surface area contributed by atoms with Gasteiger partial charge in [0, 0.05) is 18.0 Å². The van der Waals surface area contributed by atoms with E-state index in [-0.39, 0.29) is 17.4 Å². The third-order valence-corrected chi connectivity index (χ3v) is 4.33. The number of methoxy groups -OCH3 is 1. The summed E-state index contributed by atoms with van der Waals surface area (Å²) in [4.78, 5) is 11.2. The molecule has 1 aliphatic rings. The first kappa shape index (κ1) is 14.7. The highest BCUT2D eigenvalue weighted by Crippen LogP contribution is 2.13. The van der Waals surface area contributed by atoms with E-state index < -0.39 is 21.6 Å². The number of carbonyl (C=O) groups is 1. The Balaban J connectivity index is 2.00. The first-order valence-electron chi connectivity index (χ1n) is 5.92. The monoisotopic (exact) mass is 299 g/mol. The largest absolute Gasteiger partial charge is 0.465 e. The quantitative estimate of drug-likeness (QED) is 0.840. The van der Waals surface area contributed by atoms with Crippen LogP contribution < -0.4 is 5.32 Å². The highest BCUT2D eigenvalue weighted by molar-refractivity contribution is 7.94. The lowest BCUT2D eigenvalue weighted by Gasteiger charge is -2.10. The van der Waals surface area contributed by atoms with Crippen LogP contribution in [0.1, 0.15) is 15.9 Å². The van der Waals surface area contributed by atoms with E-state index in [0.29, 0.717) is 12.1 Å². The van der Waals surface area contributed by atoms with Gasteiger partial charge >= 0.3 is 5.97 Å². The molecule has 2 rings (SSSR count). The number of hydrogen-bond acceptors (Lipinski definition) is 5. The fourth-order valence-electron chi connectivity index (χ4n) is 1.90. The van der Waals surface area contributed by atoms with Crippen molar-refractivity contribution in [2.75, 3.05) is 12.9 Å². The van der Waals surface area contributed by atoms with Crippen molar-refractivity contribution in [2.24, 2.45) is 0 Å². The molecule has 0 saturated carbocycles. The van der Waals surface area contributed by atoms with E-state index in [1.54, 1.807) is 12.1 Å². The average Bonchev–Trinajstić information content (AvgIpc) is 2.75. The molecular formula is C13H14FNO4S. The number of benzene rings is 1. The van der Waals surface area contributed by atoms with Crippen LogP contribution in [-0.2, 0) is 21.1 Å². The van der Waals surface area contributed by atoms with E-state index in [0.717, 1.165) is 0 Å². The molecular weight excluding hydrogens is 285 g/mol. The zero-order valence-electron chi connectivity index (χ0n) is 10.8. The van der Waals surface area contributed by atoms with E-state index in [2.05, 4.69) is 10.1 Å². The lowest BCUT2D eigenvalue weighted by atomic mass is 10.1. The highest BCUT2D eigenvalue weighted by atomic mass is 32.2. The number of esters is 1. The summed E-state index contributed by atoms with van der Waals surface area (Å²) in [5, 5.41) is 4.17. The van der Waals surface area contributed by atoms with Crippen molar-refractivity contribution >= 4 is 15.8 Å². The minimum atomic E-state index is -3.11. The maximum absolute atomic E-state index is 13.7. The Morgan fingerprint density at radius 3 is 2.80 bits per heavy atom. The standard InChI is InChI=1S/C13H14FNO4S/c1-19-13(16)11-3-2-9(6-12(11)14)7-15-10-4-5-20(17,18)8-10/h2-6,10,15H,7-8H2,1H3. The molecule has 1 N–H and O–H groups in total. The molecule has 7 heteroatoms. The first-order chi connectivity index (χ1) is 9.41. The maximum Gasteiger partial charge on any atom is 0.340 e. The van der Waals surface area contributed by atoms with E-state index in [1.165, 1.54) is 24.7 Å². The van der Waals surface area contributed by atoms with Crippen LogP contribution in [0.15, 0.2) is 29.7 Å². The fourth-order valence-corrected chi connectivity index (χ4v) is 3.17. The Kier molecular flexibility index (Phi) is 4.20. The van der Waals surface area contributed by atoms with E-state index in [1.807, 2.05) is 0 Å². The molecule has 0 fully saturated rings. The summed E-state index contributed by atoms with van der Waals surface area (Å²) >= 11 is 0.